The molecule has 0 aromatic heterocycles. The van der Waals surface area contributed by atoms with Gasteiger partial charge < -0.3 is 14.6 Å². The van der Waals surface area contributed by atoms with Crippen molar-refractivity contribution in [1.82, 2.24) is 0 Å². The number of esters is 2. The Hall–Kier alpha value is -1.10. The third-order valence-corrected chi connectivity index (χ3v) is 8.90. The van der Waals surface area contributed by atoms with Gasteiger partial charge in [-0.05, 0) is 12.8 Å². The molecule has 262 valence electrons. The lowest BCUT2D eigenvalue weighted by Gasteiger charge is -2.15. The Morgan fingerprint density at radius 2 is 0.705 bits per heavy atom. The summed E-state index contributed by atoms with van der Waals surface area (Å²) in [6, 6.07) is 0. The van der Waals surface area contributed by atoms with E-state index in [4.69, 9.17) is 9.47 Å². The topological polar surface area (TPSA) is 72.8 Å². The van der Waals surface area contributed by atoms with Crippen molar-refractivity contribution in [3.8, 4) is 0 Å². The van der Waals surface area contributed by atoms with Crippen LogP contribution in [0.1, 0.15) is 219 Å². The van der Waals surface area contributed by atoms with Gasteiger partial charge in [0.1, 0.15) is 6.61 Å². The van der Waals surface area contributed by atoms with Gasteiger partial charge in [-0.15, -0.1) is 0 Å². The lowest BCUT2D eigenvalue weighted by atomic mass is 10.0. The molecule has 0 spiro atoms. The molecule has 44 heavy (non-hydrogen) atoms. The highest BCUT2D eigenvalue weighted by atomic mass is 16.6. The van der Waals surface area contributed by atoms with Crippen LogP contribution in [0.3, 0.4) is 0 Å². The molecule has 0 bridgehead atoms. The van der Waals surface area contributed by atoms with Gasteiger partial charge in [0.25, 0.3) is 0 Å². The summed E-state index contributed by atoms with van der Waals surface area (Å²) in [7, 11) is 0. The molecule has 5 nitrogen and oxygen atoms in total. The number of aliphatic hydroxyl groups excluding tert-OH is 1. The average Bonchev–Trinajstić information content (AvgIpc) is 3.02. The maximum atomic E-state index is 12.0. The lowest BCUT2D eigenvalue weighted by molar-refractivity contribution is -0.161. The molecule has 0 aliphatic rings. The van der Waals surface area contributed by atoms with Crippen LogP contribution >= 0.6 is 0 Å². The molecule has 0 heterocycles. The molecular formula is C39H76O5. The summed E-state index contributed by atoms with van der Waals surface area (Å²) in [5, 5.41) is 9.48. The smallest absolute Gasteiger partial charge is 0.306 e. The van der Waals surface area contributed by atoms with Gasteiger partial charge in [0.15, 0.2) is 6.10 Å². The number of aliphatic hydroxyl groups is 1. The van der Waals surface area contributed by atoms with Crippen LogP contribution in [0.4, 0.5) is 0 Å². The molecule has 0 amide bonds. The van der Waals surface area contributed by atoms with Gasteiger partial charge >= 0.3 is 11.9 Å². The highest BCUT2D eigenvalue weighted by molar-refractivity contribution is 5.70. The molecule has 0 unspecified atom stereocenters. The minimum Gasteiger partial charge on any atom is -0.462 e. The Morgan fingerprint density at radius 3 is 1.00 bits per heavy atom. The first kappa shape index (κ1) is 42.9. The van der Waals surface area contributed by atoms with Crippen molar-refractivity contribution in [2.24, 2.45) is 0 Å². The van der Waals surface area contributed by atoms with Crippen LogP contribution in [0.25, 0.3) is 0 Å². The summed E-state index contributed by atoms with van der Waals surface area (Å²) < 4.78 is 10.5. The Labute approximate surface area is 274 Å². The Bertz CT molecular complexity index is 593. The summed E-state index contributed by atoms with van der Waals surface area (Å²) >= 11 is 0. The fourth-order valence-corrected chi connectivity index (χ4v) is 5.91. The van der Waals surface area contributed by atoms with Crippen molar-refractivity contribution in [2.75, 3.05) is 13.2 Å². The third kappa shape index (κ3) is 33.8. The van der Waals surface area contributed by atoms with E-state index in [0.717, 1.165) is 32.1 Å². The molecule has 1 atom stereocenters. The van der Waals surface area contributed by atoms with Crippen molar-refractivity contribution < 1.29 is 24.2 Å². The van der Waals surface area contributed by atoms with E-state index in [1.165, 1.54) is 161 Å². The van der Waals surface area contributed by atoms with Gasteiger partial charge in [0, 0.05) is 12.8 Å². The third-order valence-electron chi connectivity index (χ3n) is 8.90. The molecule has 5 heteroatoms. The minimum atomic E-state index is -0.759. The predicted molar refractivity (Wildman–Crippen MR) is 187 cm³/mol. The van der Waals surface area contributed by atoms with Gasteiger partial charge in [-0.1, -0.05) is 194 Å². The number of hydrogen-bond donors (Lipinski definition) is 1. The van der Waals surface area contributed by atoms with Gasteiger partial charge in [0.2, 0.25) is 0 Å². The van der Waals surface area contributed by atoms with Crippen LogP contribution < -0.4 is 0 Å². The summed E-state index contributed by atoms with van der Waals surface area (Å²) in [5.41, 5.74) is 0. The number of rotatable bonds is 36. The zero-order chi connectivity index (χ0) is 32.2. The van der Waals surface area contributed by atoms with Crippen molar-refractivity contribution in [2.45, 2.75) is 225 Å². The van der Waals surface area contributed by atoms with E-state index < -0.39 is 6.10 Å². The first-order valence-electron chi connectivity index (χ1n) is 19.6. The van der Waals surface area contributed by atoms with Crippen LogP contribution in [0.5, 0.6) is 0 Å². The van der Waals surface area contributed by atoms with E-state index in [0.29, 0.717) is 12.8 Å². The molecule has 0 fully saturated rings. The number of hydrogen-bond acceptors (Lipinski definition) is 5. The number of carbonyl (C=O) groups is 2. The van der Waals surface area contributed by atoms with Gasteiger partial charge in [0.05, 0.1) is 6.61 Å². The largest absolute Gasteiger partial charge is 0.462 e. The second-order valence-corrected chi connectivity index (χ2v) is 13.4. The molecular weight excluding hydrogens is 548 g/mol. The monoisotopic (exact) mass is 625 g/mol. The molecule has 0 radical (unpaired) electrons. The standard InChI is InChI=1S/C39H76O5/c1-3-5-7-9-11-12-13-14-15-16-17-18-19-20-21-22-23-24-25-26-28-29-31-33-38(41)43-36-37(35-40)44-39(42)34-32-30-27-10-8-6-4-2/h37,40H,3-36H2,1-2H3/t37-/m0/s1. The van der Waals surface area contributed by atoms with Crippen LogP contribution in [-0.4, -0.2) is 36.4 Å². The molecule has 1 N–H and O–H groups in total. The maximum Gasteiger partial charge on any atom is 0.306 e. The fourth-order valence-electron chi connectivity index (χ4n) is 5.91. The zero-order valence-electron chi connectivity index (χ0n) is 29.7. The van der Waals surface area contributed by atoms with Crippen LogP contribution in [0.15, 0.2) is 0 Å². The van der Waals surface area contributed by atoms with Gasteiger partial charge in [-0.25, -0.2) is 0 Å². The van der Waals surface area contributed by atoms with Crippen molar-refractivity contribution >= 4 is 11.9 Å². The molecule has 0 aliphatic heterocycles. The number of unbranched alkanes of at least 4 members (excludes halogenated alkanes) is 28. The van der Waals surface area contributed by atoms with Crippen LogP contribution in [-0.2, 0) is 19.1 Å². The summed E-state index contributed by atoms with van der Waals surface area (Å²) in [5.74, 6) is -0.585. The molecule has 0 saturated heterocycles. The molecule has 0 rings (SSSR count). The zero-order valence-corrected chi connectivity index (χ0v) is 29.7. The number of carbonyl (C=O) groups excluding carboxylic acids is 2. The summed E-state index contributed by atoms with van der Waals surface area (Å²) in [4.78, 5) is 24.0. The highest BCUT2D eigenvalue weighted by Gasteiger charge is 2.16. The Balaban J connectivity index is 3.39. The van der Waals surface area contributed by atoms with Gasteiger partial charge in [-0.2, -0.15) is 0 Å². The quantitative estimate of drug-likeness (QED) is 0.0554. The Kier molecular flexibility index (Phi) is 35.5. The summed E-state index contributed by atoms with van der Waals surface area (Å²) in [6.45, 7) is 4.11. The first-order chi connectivity index (χ1) is 21.6. The highest BCUT2D eigenvalue weighted by Crippen LogP contribution is 2.16. The van der Waals surface area contributed by atoms with E-state index in [-0.39, 0.29) is 25.2 Å². The molecule has 0 aliphatic carbocycles. The second-order valence-electron chi connectivity index (χ2n) is 13.4. The van der Waals surface area contributed by atoms with Crippen molar-refractivity contribution in [1.29, 1.82) is 0 Å². The van der Waals surface area contributed by atoms with E-state index in [1.807, 2.05) is 0 Å². The fraction of sp³-hybridized carbons (Fsp3) is 0.949. The number of ether oxygens (including phenoxy) is 2. The van der Waals surface area contributed by atoms with Crippen molar-refractivity contribution in [3.63, 3.8) is 0 Å². The normalized spacial score (nSPS) is 12.0. The van der Waals surface area contributed by atoms with Gasteiger partial charge in [-0.3, -0.25) is 9.59 Å². The molecule has 0 aromatic carbocycles. The van der Waals surface area contributed by atoms with E-state index in [1.54, 1.807) is 0 Å². The van der Waals surface area contributed by atoms with Crippen molar-refractivity contribution in [3.05, 3.63) is 0 Å². The average molecular weight is 625 g/mol. The lowest BCUT2D eigenvalue weighted by Crippen LogP contribution is -2.28. The van der Waals surface area contributed by atoms with Crippen LogP contribution in [0.2, 0.25) is 0 Å². The Morgan fingerprint density at radius 1 is 0.432 bits per heavy atom. The minimum absolute atomic E-state index is 0.0581. The second kappa shape index (κ2) is 36.4. The molecule has 0 aromatic rings. The predicted octanol–water partition coefficient (Wildman–Crippen LogP) is 12.0. The maximum absolute atomic E-state index is 12.0. The van der Waals surface area contributed by atoms with E-state index >= 15 is 0 Å². The summed E-state index contributed by atoms with van der Waals surface area (Å²) in [6.07, 6.45) is 39.1. The molecule has 0 saturated carbocycles. The van der Waals surface area contributed by atoms with Crippen LogP contribution in [0, 0.1) is 0 Å². The SMILES string of the molecule is CCCCCCCCCCCCCCCCCCCCCCCCCC(=O)OC[C@H](CO)OC(=O)CCCCCCCCC. The van der Waals surface area contributed by atoms with E-state index in [9.17, 15) is 14.7 Å². The van der Waals surface area contributed by atoms with E-state index in [2.05, 4.69) is 13.8 Å². The first-order valence-corrected chi connectivity index (χ1v) is 19.6.